The van der Waals surface area contributed by atoms with E-state index in [9.17, 15) is 4.79 Å². The van der Waals surface area contributed by atoms with Crippen molar-refractivity contribution in [2.24, 2.45) is 0 Å². The molecule has 0 saturated carbocycles. The first kappa shape index (κ1) is 13.2. The van der Waals surface area contributed by atoms with Crippen molar-refractivity contribution < 1.29 is 4.79 Å². The maximum absolute atomic E-state index is 12.3. The molecule has 0 unspecified atom stereocenters. The van der Waals surface area contributed by atoms with Gasteiger partial charge < -0.3 is 10.2 Å². The zero-order valence-electron chi connectivity index (χ0n) is 11.1. The van der Waals surface area contributed by atoms with E-state index in [1.54, 1.807) is 30.5 Å². The third-order valence-corrected chi connectivity index (χ3v) is 2.88. The number of nitrogens with zero attached hydrogens (tertiary/aromatic N) is 3. The first-order chi connectivity index (χ1) is 9.24. The normalized spacial score (nSPS) is 10.4. The summed E-state index contributed by atoms with van der Waals surface area (Å²) in [6.07, 6.45) is 4.94. The van der Waals surface area contributed by atoms with Crippen molar-refractivity contribution >= 4 is 5.91 Å². The zero-order chi connectivity index (χ0) is 13.7. The fourth-order valence-electron chi connectivity index (χ4n) is 1.77. The number of aromatic amines is 1. The number of hydrogen-bond acceptors (Lipinski definition) is 4. The van der Waals surface area contributed by atoms with Crippen molar-refractivity contribution in [2.75, 3.05) is 27.2 Å². The van der Waals surface area contributed by atoms with E-state index in [1.807, 2.05) is 19.2 Å². The smallest absolute Gasteiger partial charge is 0.257 e. The average molecular weight is 259 g/mol. The molecule has 0 radical (unpaired) electrons. The van der Waals surface area contributed by atoms with Gasteiger partial charge in [-0.3, -0.25) is 14.9 Å². The van der Waals surface area contributed by atoms with Crippen LogP contribution >= 0.6 is 0 Å². The third-order valence-electron chi connectivity index (χ3n) is 2.88. The van der Waals surface area contributed by atoms with Gasteiger partial charge in [0.2, 0.25) is 0 Å². The van der Waals surface area contributed by atoms with Crippen molar-refractivity contribution in [3.05, 3.63) is 36.3 Å². The summed E-state index contributed by atoms with van der Waals surface area (Å²) >= 11 is 0. The fourth-order valence-corrected chi connectivity index (χ4v) is 1.77. The summed E-state index contributed by atoms with van der Waals surface area (Å²) in [5, 5.41) is 9.87. The van der Waals surface area contributed by atoms with Crippen LogP contribution in [-0.4, -0.2) is 53.2 Å². The Morgan fingerprint density at radius 2 is 2.16 bits per heavy atom. The summed E-state index contributed by atoms with van der Waals surface area (Å²) in [6.45, 7) is 1.40. The van der Waals surface area contributed by atoms with Gasteiger partial charge in [-0.2, -0.15) is 5.10 Å². The van der Waals surface area contributed by atoms with Crippen LogP contribution < -0.4 is 5.32 Å². The summed E-state index contributed by atoms with van der Waals surface area (Å²) in [7, 11) is 3.64. The maximum atomic E-state index is 12.3. The van der Waals surface area contributed by atoms with Crippen LogP contribution in [-0.2, 0) is 0 Å². The van der Waals surface area contributed by atoms with Crippen molar-refractivity contribution in [3.63, 3.8) is 0 Å². The van der Waals surface area contributed by atoms with E-state index in [2.05, 4.69) is 20.5 Å². The Morgan fingerprint density at radius 3 is 2.84 bits per heavy atom. The molecule has 2 aromatic heterocycles. The Bertz CT molecular complexity index is 537. The highest BCUT2D eigenvalue weighted by atomic mass is 16.2. The molecule has 0 fully saturated rings. The summed E-state index contributed by atoms with van der Waals surface area (Å²) in [4.78, 5) is 18.0. The monoisotopic (exact) mass is 259 g/mol. The van der Waals surface area contributed by atoms with Crippen molar-refractivity contribution in [2.45, 2.75) is 0 Å². The lowest BCUT2D eigenvalue weighted by atomic mass is 10.1. The Hall–Kier alpha value is -2.21. The predicted molar refractivity (Wildman–Crippen MR) is 72.7 cm³/mol. The van der Waals surface area contributed by atoms with Crippen LogP contribution in [0.3, 0.4) is 0 Å². The van der Waals surface area contributed by atoms with Crippen LogP contribution in [0.25, 0.3) is 11.3 Å². The van der Waals surface area contributed by atoms with Crippen molar-refractivity contribution in [3.8, 4) is 11.3 Å². The lowest BCUT2D eigenvalue weighted by Gasteiger charge is -2.16. The van der Waals surface area contributed by atoms with Gasteiger partial charge >= 0.3 is 0 Å². The predicted octanol–water partition coefficient (Wildman–Crippen LogP) is 0.763. The van der Waals surface area contributed by atoms with Crippen LogP contribution in [0.15, 0.2) is 30.7 Å². The maximum Gasteiger partial charge on any atom is 0.257 e. The lowest BCUT2D eigenvalue weighted by molar-refractivity contribution is 0.0797. The molecule has 6 nitrogen and oxygen atoms in total. The van der Waals surface area contributed by atoms with Gasteiger partial charge in [-0.15, -0.1) is 0 Å². The Kier molecular flexibility index (Phi) is 4.25. The van der Waals surface area contributed by atoms with Gasteiger partial charge in [0.1, 0.15) is 0 Å². The molecule has 2 heterocycles. The van der Waals surface area contributed by atoms with E-state index in [1.165, 1.54) is 0 Å². The Balaban J connectivity index is 2.22. The minimum Gasteiger partial charge on any atom is -0.340 e. The van der Waals surface area contributed by atoms with Crippen LogP contribution in [0.1, 0.15) is 10.4 Å². The standard InChI is InChI=1S/C13H17N5O/c1-14-7-8-18(2)13(19)11-9-16-17-12(11)10-3-5-15-6-4-10/h3-6,9,14H,7-8H2,1-2H3,(H,16,17). The molecule has 6 heteroatoms. The largest absolute Gasteiger partial charge is 0.340 e. The second-order valence-electron chi connectivity index (χ2n) is 4.22. The molecule has 2 rings (SSSR count). The van der Waals surface area contributed by atoms with Gasteiger partial charge in [0.25, 0.3) is 5.91 Å². The Morgan fingerprint density at radius 1 is 1.42 bits per heavy atom. The number of amides is 1. The van der Waals surface area contributed by atoms with Gasteiger partial charge in [-0.25, -0.2) is 0 Å². The molecule has 100 valence electrons. The van der Waals surface area contributed by atoms with E-state index in [0.717, 1.165) is 17.8 Å². The summed E-state index contributed by atoms with van der Waals surface area (Å²) in [6, 6.07) is 3.69. The highest BCUT2D eigenvalue weighted by molar-refractivity contribution is 5.99. The second-order valence-corrected chi connectivity index (χ2v) is 4.22. The number of H-pyrrole nitrogens is 1. The van der Waals surface area contributed by atoms with E-state index in [0.29, 0.717) is 12.1 Å². The number of carbonyl (C=O) groups excluding carboxylic acids is 1. The topological polar surface area (TPSA) is 73.9 Å². The molecule has 0 atom stereocenters. The van der Waals surface area contributed by atoms with Gasteiger partial charge in [0.15, 0.2) is 0 Å². The molecule has 0 aliphatic heterocycles. The summed E-state index contributed by atoms with van der Waals surface area (Å²) in [5.74, 6) is -0.0455. The quantitative estimate of drug-likeness (QED) is 0.831. The molecular formula is C13H17N5O. The van der Waals surface area contributed by atoms with E-state index >= 15 is 0 Å². The molecule has 0 aromatic carbocycles. The van der Waals surface area contributed by atoms with Crippen molar-refractivity contribution in [1.82, 2.24) is 25.4 Å². The molecular weight excluding hydrogens is 242 g/mol. The summed E-state index contributed by atoms with van der Waals surface area (Å²) < 4.78 is 0. The van der Waals surface area contributed by atoms with Crippen LogP contribution in [0, 0.1) is 0 Å². The first-order valence-electron chi connectivity index (χ1n) is 6.08. The Labute approximate surface area is 111 Å². The van der Waals surface area contributed by atoms with Crippen LogP contribution in [0.4, 0.5) is 0 Å². The second kappa shape index (κ2) is 6.10. The number of nitrogens with one attached hydrogen (secondary N) is 2. The van der Waals surface area contributed by atoms with Crippen LogP contribution in [0.2, 0.25) is 0 Å². The van der Waals surface area contributed by atoms with Crippen molar-refractivity contribution in [1.29, 1.82) is 0 Å². The molecule has 0 spiro atoms. The molecule has 0 aliphatic carbocycles. The number of pyridine rings is 1. The zero-order valence-corrected chi connectivity index (χ0v) is 11.1. The van der Waals surface area contributed by atoms with E-state index in [-0.39, 0.29) is 5.91 Å². The number of carbonyl (C=O) groups is 1. The van der Waals surface area contributed by atoms with E-state index < -0.39 is 0 Å². The van der Waals surface area contributed by atoms with Crippen LogP contribution in [0.5, 0.6) is 0 Å². The molecule has 1 amide bonds. The van der Waals surface area contributed by atoms with Gasteiger partial charge in [-0.05, 0) is 19.2 Å². The number of hydrogen-bond donors (Lipinski definition) is 2. The van der Waals surface area contributed by atoms with E-state index in [4.69, 9.17) is 0 Å². The molecule has 2 N–H and O–H groups in total. The average Bonchev–Trinajstić information content (AvgIpc) is 2.94. The summed E-state index contributed by atoms with van der Waals surface area (Å²) in [5.41, 5.74) is 2.20. The molecule has 0 bridgehead atoms. The molecule has 2 aromatic rings. The van der Waals surface area contributed by atoms with Gasteiger partial charge in [-0.1, -0.05) is 0 Å². The fraction of sp³-hybridized carbons (Fsp3) is 0.308. The first-order valence-corrected chi connectivity index (χ1v) is 6.08. The SMILES string of the molecule is CNCCN(C)C(=O)c1cn[nH]c1-c1ccncc1. The third kappa shape index (κ3) is 2.97. The minimum atomic E-state index is -0.0455. The number of rotatable bonds is 5. The molecule has 19 heavy (non-hydrogen) atoms. The highest BCUT2D eigenvalue weighted by Crippen LogP contribution is 2.20. The minimum absolute atomic E-state index is 0.0455. The highest BCUT2D eigenvalue weighted by Gasteiger charge is 2.18. The molecule has 0 aliphatic rings. The molecule has 0 saturated heterocycles. The number of likely N-dealkylation sites (N-methyl/N-ethyl adjacent to an activating group) is 2. The number of aromatic nitrogens is 3. The lowest BCUT2D eigenvalue weighted by Crippen LogP contribution is -2.32. The van der Waals surface area contributed by atoms with Gasteiger partial charge in [0, 0.05) is 38.1 Å². The van der Waals surface area contributed by atoms with Gasteiger partial charge in [0.05, 0.1) is 17.5 Å².